The molecule has 92 valence electrons. The molecule has 3 heterocycles. The van der Waals surface area contributed by atoms with E-state index in [4.69, 9.17) is 4.42 Å². The van der Waals surface area contributed by atoms with Crippen molar-refractivity contribution in [2.45, 2.75) is 18.5 Å². The second-order valence-corrected chi connectivity index (χ2v) is 5.10. The SMILES string of the molecule is O=c1oc2ccccc2cc1N1C[C@@H]2C[C@H]1CN2. The number of rotatable bonds is 1. The minimum atomic E-state index is -0.221. The van der Waals surface area contributed by atoms with E-state index in [1.54, 1.807) is 0 Å². The molecule has 0 saturated carbocycles. The standard InChI is InChI=1S/C14H14N2O2/c17-14-12(16-8-10-6-11(16)7-15-10)5-9-3-1-2-4-13(9)18-14/h1-5,10-11,15H,6-8H2/t10-,11-/m0/s1. The van der Waals surface area contributed by atoms with E-state index < -0.39 is 0 Å². The number of para-hydroxylation sites is 1. The van der Waals surface area contributed by atoms with Crippen molar-refractivity contribution in [1.82, 2.24) is 5.32 Å². The molecule has 2 saturated heterocycles. The van der Waals surface area contributed by atoms with E-state index in [1.165, 1.54) is 0 Å². The summed E-state index contributed by atoms with van der Waals surface area (Å²) in [4.78, 5) is 14.3. The fourth-order valence-electron chi connectivity index (χ4n) is 3.11. The van der Waals surface area contributed by atoms with Gasteiger partial charge in [0.2, 0.25) is 0 Å². The topological polar surface area (TPSA) is 45.5 Å². The highest BCUT2D eigenvalue weighted by molar-refractivity contribution is 5.79. The second-order valence-electron chi connectivity index (χ2n) is 5.10. The predicted octanol–water partition coefficient (Wildman–Crippen LogP) is 1.34. The van der Waals surface area contributed by atoms with Gasteiger partial charge in [0.05, 0.1) is 0 Å². The Morgan fingerprint density at radius 2 is 2.22 bits per heavy atom. The predicted molar refractivity (Wildman–Crippen MR) is 70.0 cm³/mol. The van der Waals surface area contributed by atoms with Gasteiger partial charge >= 0.3 is 5.63 Å². The maximum Gasteiger partial charge on any atom is 0.360 e. The number of hydrogen-bond donors (Lipinski definition) is 1. The molecular formula is C14H14N2O2. The monoisotopic (exact) mass is 242 g/mol. The Labute approximate surface area is 104 Å². The first-order valence-corrected chi connectivity index (χ1v) is 6.34. The molecule has 2 bridgehead atoms. The molecule has 2 aliphatic rings. The van der Waals surface area contributed by atoms with Gasteiger partial charge in [0.1, 0.15) is 11.3 Å². The van der Waals surface area contributed by atoms with E-state index in [1.807, 2.05) is 30.3 Å². The van der Waals surface area contributed by atoms with E-state index in [0.717, 1.165) is 24.9 Å². The maximum atomic E-state index is 12.1. The van der Waals surface area contributed by atoms with E-state index in [-0.39, 0.29) is 5.63 Å². The third-order valence-electron chi connectivity index (χ3n) is 3.99. The van der Waals surface area contributed by atoms with Crippen LogP contribution in [0.5, 0.6) is 0 Å². The van der Waals surface area contributed by atoms with Gasteiger partial charge in [-0.25, -0.2) is 4.79 Å². The van der Waals surface area contributed by atoms with Crippen LogP contribution in [0.1, 0.15) is 6.42 Å². The van der Waals surface area contributed by atoms with Crippen LogP contribution in [0, 0.1) is 0 Å². The molecule has 0 amide bonds. The molecule has 0 radical (unpaired) electrons. The maximum absolute atomic E-state index is 12.1. The Morgan fingerprint density at radius 1 is 1.33 bits per heavy atom. The molecule has 0 aliphatic carbocycles. The molecular weight excluding hydrogens is 228 g/mol. The van der Waals surface area contributed by atoms with Gasteiger partial charge in [0.15, 0.2) is 0 Å². The zero-order valence-electron chi connectivity index (χ0n) is 9.93. The normalized spacial score (nSPS) is 26.1. The highest BCUT2D eigenvalue weighted by Crippen LogP contribution is 2.28. The van der Waals surface area contributed by atoms with Crippen LogP contribution >= 0.6 is 0 Å². The quantitative estimate of drug-likeness (QED) is 0.767. The second kappa shape index (κ2) is 3.59. The first-order valence-electron chi connectivity index (χ1n) is 6.34. The van der Waals surface area contributed by atoms with Crippen molar-refractivity contribution in [3.63, 3.8) is 0 Å². The lowest BCUT2D eigenvalue weighted by Gasteiger charge is -2.28. The van der Waals surface area contributed by atoms with Crippen molar-refractivity contribution in [2.75, 3.05) is 18.0 Å². The average Bonchev–Trinajstić information content (AvgIpc) is 3.00. The van der Waals surface area contributed by atoms with Crippen molar-refractivity contribution in [3.05, 3.63) is 40.8 Å². The van der Waals surface area contributed by atoms with E-state index >= 15 is 0 Å². The largest absolute Gasteiger partial charge is 0.421 e. The summed E-state index contributed by atoms with van der Waals surface area (Å²) in [5.41, 5.74) is 1.15. The Balaban J connectivity index is 1.85. The summed E-state index contributed by atoms with van der Waals surface area (Å²) in [7, 11) is 0. The average molecular weight is 242 g/mol. The Morgan fingerprint density at radius 3 is 3.00 bits per heavy atom. The third kappa shape index (κ3) is 1.39. The number of nitrogens with zero attached hydrogens (tertiary/aromatic N) is 1. The van der Waals surface area contributed by atoms with Crippen LogP contribution in [0.2, 0.25) is 0 Å². The zero-order chi connectivity index (χ0) is 12.1. The first-order chi connectivity index (χ1) is 8.81. The van der Waals surface area contributed by atoms with Gasteiger partial charge in [-0.3, -0.25) is 0 Å². The first kappa shape index (κ1) is 10.1. The van der Waals surface area contributed by atoms with Crippen molar-refractivity contribution in [2.24, 2.45) is 0 Å². The lowest BCUT2D eigenvalue weighted by atomic mass is 10.2. The molecule has 1 N–H and O–H groups in total. The van der Waals surface area contributed by atoms with Crippen LogP contribution in [-0.4, -0.2) is 25.2 Å². The van der Waals surface area contributed by atoms with Crippen molar-refractivity contribution >= 4 is 16.7 Å². The summed E-state index contributed by atoms with van der Waals surface area (Å²) < 4.78 is 5.40. The Bertz CT molecular complexity index is 664. The van der Waals surface area contributed by atoms with Crippen LogP contribution in [0.3, 0.4) is 0 Å². The molecule has 4 heteroatoms. The number of hydrogen-bond acceptors (Lipinski definition) is 4. The van der Waals surface area contributed by atoms with Gasteiger partial charge in [-0.2, -0.15) is 0 Å². The lowest BCUT2D eigenvalue weighted by Crippen LogP contribution is -2.45. The summed E-state index contributed by atoms with van der Waals surface area (Å²) in [6, 6.07) is 10.6. The Kier molecular flexibility index (Phi) is 2.02. The molecule has 0 spiro atoms. The van der Waals surface area contributed by atoms with Gasteiger partial charge in [-0.1, -0.05) is 18.2 Å². The fraction of sp³-hybridized carbons (Fsp3) is 0.357. The molecule has 1 aromatic carbocycles. The minimum Gasteiger partial charge on any atom is -0.421 e. The number of nitrogens with one attached hydrogen (secondary N) is 1. The van der Waals surface area contributed by atoms with Crippen LogP contribution in [0.4, 0.5) is 5.69 Å². The molecule has 18 heavy (non-hydrogen) atoms. The van der Waals surface area contributed by atoms with Gasteiger partial charge < -0.3 is 14.6 Å². The third-order valence-corrected chi connectivity index (χ3v) is 3.99. The molecule has 1 aromatic heterocycles. The van der Waals surface area contributed by atoms with Crippen molar-refractivity contribution in [1.29, 1.82) is 0 Å². The number of fused-ring (bicyclic) bond motifs is 3. The molecule has 2 atom stereocenters. The zero-order valence-corrected chi connectivity index (χ0v) is 9.93. The van der Waals surface area contributed by atoms with Crippen LogP contribution in [0.25, 0.3) is 11.0 Å². The van der Waals surface area contributed by atoms with Crippen LogP contribution in [-0.2, 0) is 0 Å². The fourth-order valence-corrected chi connectivity index (χ4v) is 3.11. The van der Waals surface area contributed by atoms with E-state index in [9.17, 15) is 4.79 Å². The van der Waals surface area contributed by atoms with Gasteiger partial charge in [0.25, 0.3) is 0 Å². The van der Waals surface area contributed by atoms with E-state index in [2.05, 4.69) is 10.2 Å². The lowest BCUT2D eigenvalue weighted by molar-refractivity contribution is 0.539. The van der Waals surface area contributed by atoms with Gasteiger partial charge in [0, 0.05) is 30.6 Å². The van der Waals surface area contributed by atoms with Gasteiger partial charge in [-0.05, 0) is 18.6 Å². The summed E-state index contributed by atoms with van der Waals surface area (Å²) in [5, 5.41) is 4.43. The van der Waals surface area contributed by atoms with Crippen molar-refractivity contribution in [3.8, 4) is 0 Å². The molecule has 4 rings (SSSR count). The van der Waals surface area contributed by atoms with Crippen LogP contribution in [0.15, 0.2) is 39.5 Å². The van der Waals surface area contributed by atoms with Crippen LogP contribution < -0.4 is 15.8 Å². The number of piperazine rings is 1. The Hall–Kier alpha value is -1.81. The summed E-state index contributed by atoms with van der Waals surface area (Å²) >= 11 is 0. The number of anilines is 1. The highest BCUT2D eigenvalue weighted by atomic mass is 16.4. The van der Waals surface area contributed by atoms with Gasteiger partial charge in [-0.15, -0.1) is 0 Å². The molecule has 2 aromatic rings. The molecule has 2 fully saturated rings. The smallest absolute Gasteiger partial charge is 0.360 e. The highest BCUT2D eigenvalue weighted by Gasteiger charge is 2.38. The molecule has 4 nitrogen and oxygen atoms in total. The van der Waals surface area contributed by atoms with E-state index in [0.29, 0.717) is 23.4 Å². The summed E-state index contributed by atoms with van der Waals surface area (Å²) in [6.45, 7) is 1.88. The molecule has 2 aliphatic heterocycles. The molecule has 0 unspecified atom stereocenters. The minimum absolute atomic E-state index is 0.221. The summed E-state index contributed by atoms with van der Waals surface area (Å²) in [5.74, 6) is 0. The number of benzene rings is 1. The van der Waals surface area contributed by atoms with Crippen molar-refractivity contribution < 1.29 is 4.42 Å². The summed E-state index contributed by atoms with van der Waals surface area (Å²) in [6.07, 6.45) is 1.13.